The summed E-state index contributed by atoms with van der Waals surface area (Å²) in [7, 11) is 1.83. The van der Waals surface area contributed by atoms with Crippen LogP contribution in [0, 0.1) is 12.7 Å². The van der Waals surface area contributed by atoms with Crippen LogP contribution in [0.25, 0.3) is 11.3 Å². The number of hydrogen-bond donors (Lipinski definition) is 1. The lowest BCUT2D eigenvalue weighted by molar-refractivity contribution is 0.0797. The molecule has 3 aromatic rings. The number of aromatic amines is 1. The van der Waals surface area contributed by atoms with Gasteiger partial charge in [0.25, 0.3) is 5.91 Å². The first-order chi connectivity index (χ1) is 12.0. The molecule has 1 amide bonds. The summed E-state index contributed by atoms with van der Waals surface area (Å²) in [5.41, 5.74) is 3.48. The van der Waals surface area contributed by atoms with Crippen LogP contribution in [-0.4, -0.2) is 34.6 Å². The summed E-state index contributed by atoms with van der Waals surface area (Å²) in [6.07, 6.45) is 1.61. The number of carbonyl (C=O) groups excluding carboxylic acids is 1. The van der Waals surface area contributed by atoms with Crippen molar-refractivity contribution in [2.24, 2.45) is 0 Å². The van der Waals surface area contributed by atoms with Gasteiger partial charge in [0.05, 0.1) is 10.6 Å². The van der Waals surface area contributed by atoms with Gasteiger partial charge in [-0.25, -0.2) is 4.39 Å². The van der Waals surface area contributed by atoms with Crippen LogP contribution >= 0.6 is 11.3 Å². The highest BCUT2D eigenvalue weighted by Gasteiger charge is 2.15. The third kappa shape index (κ3) is 4.14. The summed E-state index contributed by atoms with van der Waals surface area (Å²) in [6.45, 7) is 2.63. The van der Waals surface area contributed by atoms with E-state index in [0.717, 1.165) is 40.2 Å². The molecule has 0 saturated carbocycles. The van der Waals surface area contributed by atoms with Crippen LogP contribution < -0.4 is 0 Å². The minimum atomic E-state index is -0.272. The maximum absolute atomic E-state index is 13.3. The molecule has 0 aliphatic carbocycles. The number of benzene rings is 1. The summed E-state index contributed by atoms with van der Waals surface area (Å²) in [5, 5.41) is 9.17. The van der Waals surface area contributed by atoms with E-state index in [1.54, 1.807) is 11.0 Å². The lowest BCUT2D eigenvalue weighted by Gasteiger charge is -2.16. The molecule has 0 fully saturated rings. The third-order valence-electron chi connectivity index (χ3n) is 4.09. The molecule has 4 nitrogen and oxygen atoms in total. The number of nitrogens with zero attached hydrogens (tertiary/aromatic N) is 2. The van der Waals surface area contributed by atoms with Gasteiger partial charge in [-0.05, 0) is 55.0 Å². The van der Waals surface area contributed by atoms with Gasteiger partial charge in [0.15, 0.2) is 0 Å². The summed E-state index contributed by atoms with van der Waals surface area (Å²) in [4.78, 5) is 14.9. The number of aromatic nitrogens is 2. The van der Waals surface area contributed by atoms with Crippen molar-refractivity contribution in [3.05, 3.63) is 63.7 Å². The minimum absolute atomic E-state index is 0.0672. The van der Waals surface area contributed by atoms with Crippen LogP contribution in [0.15, 0.2) is 41.8 Å². The second-order valence-corrected chi connectivity index (χ2v) is 6.97. The zero-order valence-corrected chi connectivity index (χ0v) is 15.1. The smallest absolute Gasteiger partial charge is 0.263 e. The third-order valence-corrected chi connectivity index (χ3v) is 5.10. The van der Waals surface area contributed by atoms with E-state index in [9.17, 15) is 9.18 Å². The second-order valence-electron chi connectivity index (χ2n) is 6.05. The van der Waals surface area contributed by atoms with E-state index in [-0.39, 0.29) is 11.7 Å². The molecule has 0 aliphatic heterocycles. The Morgan fingerprint density at radius 2 is 2.16 bits per heavy atom. The predicted octanol–water partition coefficient (Wildman–Crippen LogP) is 4.29. The van der Waals surface area contributed by atoms with Crippen molar-refractivity contribution in [1.82, 2.24) is 15.1 Å². The Bertz CT molecular complexity index is 871. The van der Waals surface area contributed by atoms with E-state index in [1.165, 1.54) is 23.5 Å². The highest BCUT2D eigenvalue weighted by molar-refractivity contribution is 7.12. The highest BCUT2D eigenvalue weighted by atomic mass is 32.1. The van der Waals surface area contributed by atoms with Gasteiger partial charge in [-0.15, -0.1) is 11.3 Å². The van der Waals surface area contributed by atoms with Gasteiger partial charge in [0.2, 0.25) is 0 Å². The number of hydrogen-bond acceptors (Lipinski definition) is 3. The Hall–Kier alpha value is -2.47. The number of rotatable bonds is 6. The van der Waals surface area contributed by atoms with E-state index in [4.69, 9.17) is 0 Å². The van der Waals surface area contributed by atoms with Crippen molar-refractivity contribution < 1.29 is 9.18 Å². The fourth-order valence-corrected chi connectivity index (χ4v) is 3.58. The predicted molar refractivity (Wildman–Crippen MR) is 98.3 cm³/mol. The summed E-state index contributed by atoms with van der Waals surface area (Å²) < 4.78 is 13.3. The molecule has 6 heteroatoms. The molecule has 0 saturated heterocycles. The van der Waals surface area contributed by atoms with Crippen LogP contribution in [0.2, 0.25) is 0 Å². The number of halogens is 1. The lowest BCUT2D eigenvalue weighted by Crippen LogP contribution is -2.27. The number of aryl methyl sites for hydroxylation is 2. The fraction of sp³-hybridized carbons (Fsp3) is 0.263. The number of amides is 1. The van der Waals surface area contributed by atoms with E-state index < -0.39 is 0 Å². The Morgan fingerprint density at radius 1 is 1.32 bits per heavy atom. The molecule has 130 valence electrons. The average Bonchev–Trinajstić information content (AvgIpc) is 3.23. The van der Waals surface area contributed by atoms with E-state index >= 15 is 0 Å². The molecular formula is C19H20FN3OS. The van der Waals surface area contributed by atoms with Crippen molar-refractivity contribution in [2.75, 3.05) is 13.6 Å². The Balaban J connectivity index is 1.54. The summed E-state index contributed by atoms with van der Waals surface area (Å²) in [5.74, 6) is -0.205. The van der Waals surface area contributed by atoms with Crippen LogP contribution in [0.5, 0.6) is 0 Å². The second kappa shape index (κ2) is 7.61. The first-order valence-electron chi connectivity index (χ1n) is 8.14. The molecule has 25 heavy (non-hydrogen) atoms. The van der Waals surface area contributed by atoms with Crippen molar-refractivity contribution in [2.45, 2.75) is 19.8 Å². The zero-order valence-electron chi connectivity index (χ0n) is 14.3. The monoisotopic (exact) mass is 357 g/mol. The van der Waals surface area contributed by atoms with Crippen LogP contribution in [0.4, 0.5) is 4.39 Å². The van der Waals surface area contributed by atoms with Gasteiger partial charge in [-0.1, -0.05) is 12.1 Å². The molecule has 0 atom stereocenters. The summed E-state index contributed by atoms with van der Waals surface area (Å²) in [6, 6.07) is 10.3. The molecule has 1 N–H and O–H groups in total. The molecule has 0 bridgehead atoms. The Labute approximate surface area is 150 Å². The van der Waals surface area contributed by atoms with Gasteiger partial charge >= 0.3 is 0 Å². The molecule has 0 spiro atoms. The fourth-order valence-electron chi connectivity index (χ4n) is 2.66. The molecule has 0 radical (unpaired) electrons. The molecule has 3 rings (SSSR count). The molecule has 0 aliphatic rings. The first kappa shape index (κ1) is 17.4. The van der Waals surface area contributed by atoms with E-state index in [0.29, 0.717) is 6.54 Å². The average molecular weight is 357 g/mol. The van der Waals surface area contributed by atoms with Crippen molar-refractivity contribution in [3.63, 3.8) is 0 Å². The minimum Gasteiger partial charge on any atom is -0.341 e. The quantitative estimate of drug-likeness (QED) is 0.715. The topological polar surface area (TPSA) is 49.0 Å². The zero-order chi connectivity index (χ0) is 17.8. The molecule has 2 heterocycles. The number of nitrogens with one attached hydrogen (secondary N) is 1. The normalized spacial score (nSPS) is 10.8. The van der Waals surface area contributed by atoms with Crippen molar-refractivity contribution in [3.8, 4) is 11.3 Å². The standard InChI is InChI=1S/C19H20FN3OS/c1-13-8-10-25-18(13)19(24)23(2)9-4-7-16-12-17(22-21-16)14-5-3-6-15(20)11-14/h3,5-6,8,10-12H,4,7,9H2,1-2H3,(H,21,22). The van der Waals surface area contributed by atoms with Crippen LogP contribution in [0.1, 0.15) is 27.3 Å². The van der Waals surface area contributed by atoms with Gasteiger partial charge in [0, 0.05) is 24.8 Å². The number of carbonyl (C=O) groups is 1. The molecule has 2 aromatic heterocycles. The van der Waals surface area contributed by atoms with Crippen molar-refractivity contribution in [1.29, 1.82) is 0 Å². The molecular weight excluding hydrogens is 337 g/mol. The van der Waals surface area contributed by atoms with Crippen molar-refractivity contribution >= 4 is 17.2 Å². The maximum Gasteiger partial charge on any atom is 0.263 e. The highest BCUT2D eigenvalue weighted by Crippen LogP contribution is 2.20. The van der Waals surface area contributed by atoms with Crippen LogP contribution in [0.3, 0.4) is 0 Å². The Kier molecular flexibility index (Phi) is 5.28. The van der Waals surface area contributed by atoms with Gasteiger partial charge in [-0.3, -0.25) is 9.89 Å². The van der Waals surface area contributed by atoms with Gasteiger partial charge in [-0.2, -0.15) is 5.10 Å². The molecule has 1 aromatic carbocycles. The largest absolute Gasteiger partial charge is 0.341 e. The number of H-pyrrole nitrogens is 1. The van der Waals surface area contributed by atoms with Crippen LogP contribution in [-0.2, 0) is 6.42 Å². The molecule has 0 unspecified atom stereocenters. The lowest BCUT2D eigenvalue weighted by atomic mass is 10.1. The first-order valence-corrected chi connectivity index (χ1v) is 9.02. The van der Waals surface area contributed by atoms with Gasteiger partial charge < -0.3 is 4.90 Å². The number of thiophene rings is 1. The van der Waals surface area contributed by atoms with Gasteiger partial charge in [0.1, 0.15) is 5.82 Å². The summed E-state index contributed by atoms with van der Waals surface area (Å²) >= 11 is 1.48. The van der Waals surface area contributed by atoms with E-state index in [2.05, 4.69) is 10.2 Å². The van der Waals surface area contributed by atoms with E-state index in [1.807, 2.05) is 37.6 Å². The SMILES string of the molecule is Cc1ccsc1C(=O)N(C)CCCc1cc(-c2cccc(F)c2)n[nH]1. The Morgan fingerprint density at radius 3 is 2.88 bits per heavy atom. The maximum atomic E-state index is 13.3.